The van der Waals surface area contributed by atoms with Crippen LogP contribution in [0.4, 0.5) is 5.69 Å². The summed E-state index contributed by atoms with van der Waals surface area (Å²) in [7, 11) is 0. The number of unbranched alkanes of at least 4 members (excludes halogenated alkanes) is 12. The molecule has 0 spiro atoms. The van der Waals surface area contributed by atoms with E-state index in [1.165, 1.54) is 76.0 Å². The molecule has 0 saturated carbocycles. The van der Waals surface area contributed by atoms with Crippen LogP contribution in [0.5, 0.6) is 11.5 Å². The molecule has 40 heavy (non-hydrogen) atoms. The summed E-state index contributed by atoms with van der Waals surface area (Å²) < 4.78 is 12.7. The predicted molar refractivity (Wildman–Crippen MR) is 170 cm³/mol. The van der Waals surface area contributed by atoms with E-state index in [-0.39, 0.29) is 11.7 Å². The Morgan fingerprint density at radius 3 is 1.75 bits per heavy atom. The molecule has 0 radical (unpaired) electrons. The molecule has 0 atom stereocenters. The number of anilines is 1. The van der Waals surface area contributed by atoms with Crippen molar-refractivity contribution in [1.29, 1.82) is 10.8 Å². The minimum Gasteiger partial charge on any atom is -0.492 e. The van der Waals surface area contributed by atoms with Crippen molar-refractivity contribution in [2.45, 2.75) is 114 Å². The molecule has 0 amide bonds. The first-order valence-electron chi connectivity index (χ1n) is 15.1. The van der Waals surface area contributed by atoms with Crippen LogP contribution in [0.1, 0.15) is 115 Å². The zero-order valence-electron chi connectivity index (χ0n) is 24.3. The Labute approximate surface area is 250 Å². The van der Waals surface area contributed by atoms with Gasteiger partial charge in [0.15, 0.2) is 5.75 Å². The van der Waals surface area contributed by atoms with Crippen LogP contribution in [0, 0.1) is 10.8 Å². The van der Waals surface area contributed by atoms with Crippen molar-refractivity contribution in [3.05, 3.63) is 40.4 Å². The Bertz CT molecular complexity index is 1120. The average molecular weight is 587 g/mol. The van der Waals surface area contributed by atoms with Crippen LogP contribution in [0.2, 0.25) is 5.02 Å². The van der Waals surface area contributed by atoms with Gasteiger partial charge >= 0.3 is 0 Å². The first-order valence-corrected chi connectivity index (χ1v) is 16.3. The largest absolute Gasteiger partial charge is 0.492 e. The fraction of sp³-hybridized carbons (Fsp3) is 0.562. The van der Waals surface area contributed by atoms with E-state index < -0.39 is 0 Å². The second kappa shape index (κ2) is 17.4. The number of fused-ring (bicyclic) bond motifs is 1. The monoisotopic (exact) mass is 586 g/mol. The summed E-state index contributed by atoms with van der Waals surface area (Å²) in [4.78, 5) is 1.53. The maximum atomic E-state index is 8.66. The lowest BCUT2D eigenvalue weighted by atomic mass is 10.1. The molecule has 8 heteroatoms. The Hall–Kier alpha value is -2.38. The van der Waals surface area contributed by atoms with Gasteiger partial charge in [-0.15, -0.1) is 0 Å². The van der Waals surface area contributed by atoms with E-state index in [0.29, 0.717) is 51.4 Å². The maximum absolute atomic E-state index is 8.66. The number of ether oxygens (including phenoxy) is 2. The number of hydrogen-bond donors (Lipinski definition) is 4. The van der Waals surface area contributed by atoms with Gasteiger partial charge in [-0.3, -0.25) is 10.8 Å². The van der Waals surface area contributed by atoms with Crippen LogP contribution in [0.15, 0.2) is 34.1 Å². The number of amidine groups is 2. The van der Waals surface area contributed by atoms with Crippen molar-refractivity contribution < 1.29 is 9.47 Å². The predicted octanol–water partition coefficient (Wildman–Crippen LogP) is 9.59. The minimum absolute atomic E-state index is 0.119. The van der Waals surface area contributed by atoms with E-state index in [4.69, 9.17) is 37.6 Å². The molecule has 0 bridgehead atoms. The Balaban J connectivity index is 1.82. The first kappa shape index (κ1) is 32.1. The third-order valence-electron chi connectivity index (χ3n) is 7.18. The van der Waals surface area contributed by atoms with Crippen molar-refractivity contribution in [3.8, 4) is 11.5 Å². The fourth-order valence-electron chi connectivity index (χ4n) is 4.89. The van der Waals surface area contributed by atoms with E-state index in [0.717, 1.165) is 30.6 Å². The summed E-state index contributed by atoms with van der Waals surface area (Å²) in [5.41, 5.74) is 7.99. The highest BCUT2D eigenvalue weighted by Gasteiger charge is 2.35. The molecule has 1 heterocycles. The van der Waals surface area contributed by atoms with Gasteiger partial charge in [-0.25, -0.2) is 0 Å². The number of rotatable bonds is 20. The van der Waals surface area contributed by atoms with Crippen LogP contribution in [0.3, 0.4) is 0 Å². The molecule has 220 valence electrons. The molecular formula is C32H47ClN4O2S. The van der Waals surface area contributed by atoms with E-state index in [1.54, 1.807) is 0 Å². The van der Waals surface area contributed by atoms with Crippen LogP contribution in [0.25, 0.3) is 0 Å². The molecule has 0 saturated heterocycles. The average Bonchev–Trinajstić information content (AvgIpc) is 3.24. The van der Waals surface area contributed by atoms with Gasteiger partial charge in [-0.1, -0.05) is 126 Å². The van der Waals surface area contributed by atoms with Gasteiger partial charge in [0.1, 0.15) is 22.4 Å². The molecular weight excluding hydrogens is 540 g/mol. The number of hydrogen-bond acceptors (Lipinski definition) is 6. The minimum atomic E-state index is 0.119. The number of nitrogens with two attached hydrogens (primary N) is 1. The van der Waals surface area contributed by atoms with E-state index in [2.05, 4.69) is 19.2 Å². The fourth-order valence-corrected chi connectivity index (χ4v) is 6.23. The molecule has 0 unspecified atom stereocenters. The molecule has 1 aliphatic heterocycles. The lowest BCUT2D eigenvalue weighted by Crippen LogP contribution is -2.20. The standard InChI is InChI=1S/C32H47ClN4O2S/c1-3-5-7-9-11-13-17-21-38-28-25-26(32(36)37-31(25)35)29(39-22-18-14-12-10-8-6-4-2)30(27(28)33)40-24-20-16-15-19-23(24)34/h15-16,19-20H,3-14,17-18,21-22,34H2,1-2H3,(H3,35,36,37). The lowest BCUT2D eigenvalue weighted by molar-refractivity contribution is 0.290. The van der Waals surface area contributed by atoms with Crippen LogP contribution < -0.4 is 20.5 Å². The molecule has 5 N–H and O–H groups in total. The van der Waals surface area contributed by atoms with Crippen molar-refractivity contribution >= 4 is 40.7 Å². The Morgan fingerprint density at radius 2 is 1.20 bits per heavy atom. The summed E-state index contributed by atoms with van der Waals surface area (Å²) in [6, 6.07) is 7.66. The molecule has 2 aromatic carbocycles. The van der Waals surface area contributed by atoms with Crippen molar-refractivity contribution in [1.82, 2.24) is 5.32 Å². The number of para-hydroxylation sites is 1. The Kier molecular flexibility index (Phi) is 14.0. The highest BCUT2D eigenvalue weighted by molar-refractivity contribution is 7.99. The number of halogens is 1. The normalized spacial score (nSPS) is 12.5. The molecule has 0 aliphatic carbocycles. The van der Waals surface area contributed by atoms with E-state index in [1.807, 2.05) is 24.3 Å². The number of nitrogens with one attached hydrogen (secondary N) is 3. The van der Waals surface area contributed by atoms with Gasteiger partial charge in [-0.05, 0) is 25.0 Å². The van der Waals surface area contributed by atoms with Crippen molar-refractivity contribution in [3.63, 3.8) is 0 Å². The first-order chi connectivity index (χ1) is 19.5. The van der Waals surface area contributed by atoms with Crippen LogP contribution in [-0.4, -0.2) is 24.9 Å². The topological polar surface area (TPSA) is 104 Å². The second-order valence-electron chi connectivity index (χ2n) is 10.5. The summed E-state index contributed by atoms with van der Waals surface area (Å²) in [5, 5.41) is 20.5. The molecule has 6 nitrogen and oxygen atoms in total. The van der Waals surface area contributed by atoms with Gasteiger partial charge in [0.2, 0.25) is 0 Å². The third-order valence-corrected chi connectivity index (χ3v) is 8.84. The van der Waals surface area contributed by atoms with Crippen LogP contribution >= 0.6 is 23.4 Å². The summed E-state index contributed by atoms with van der Waals surface area (Å²) in [6.07, 6.45) is 16.5. The van der Waals surface area contributed by atoms with Gasteiger partial charge < -0.3 is 20.5 Å². The van der Waals surface area contributed by atoms with E-state index >= 15 is 0 Å². The molecule has 0 aromatic heterocycles. The third kappa shape index (κ3) is 9.07. The van der Waals surface area contributed by atoms with Crippen molar-refractivity contribution in [2.75, 3.05) is 18.9 Å². The van der Waals surface area contributed by atoms with E-state index in [9.17, 15) is 0 Å². The second-order valence-corrected chi connectivity index (χ2v) is 11.9. The lowest BCUT2D eigenvalue weighted by Gasteiger charge is -2.20. The summed E-state index contributed by atoms with van der Waals surface area (Å²) >= 11 is 8.49. The molecule has 3 rings (SSSR count). The van der Waals surface area contributed by atoms with Gasteiger partial charge in [0.05, 0.1) is 29.2 Å². The number of benzene rings is 2. The van der Waals surface area contributed by atoms with Crippen molar-refractivity contribution in [2.24, 2.45) is 0 Å². The van der Waals surface area contributed by atoms with Gasteiger partial charge in [0, 0.05) is 10.6 Å². The molecule has 0 fully saturated rings. The quantitative estimate of drug-likeness (QED) is 0.0913. The Morgan fingerprint density at radius 1 is 0.725 bits per heavy atom. The highest BCUT2D eigenvalue weighted by atomic mass is 35.5. The smallest absolute Gasteiger partial charge is 0.150 e. The summed E-state index contributed by atoms with van der Waals surface area (Å²) in [6.45, 7) is 5.49. The maximum Gasteiger partial charge on any atom is 0.150 e. The number of nitrogen functional groups attached to an aromatic ring is 1. The van der Waals surface area contributed by atoms with Gasteiger partial charge in [0.25, 0.3) is 0 Å². The van der Waals surface area contributed by atoms with Gasteiger partial charge in [-0.2, -0.15) is 0 Å². The zero-order valence-corrected chi connectivity index (χ0v) is 25.9. The SMILES string of the molecule is CCCCCCCCCOc1c(Cl)c(Sc2ccccc2N)c(OCCCCCCCCC)c2c1C(=N)NC2=N. The highest BCUT2D eigenvalue weighted by Crippen LogP contribution is 2.51. The zero-order chi connectivity index (χ0) is 28.7. The van der Waals surface area contributed by atoms with Crippen LogP contribution in [-0.2, 0) is 0 Å². The molecule has 1 aliphatic rings. The summed E-state index contributed by atoms with van der Waals surface area (Å²) in [5.74, 6) is 1.23. The molecule has 2 aromatic rings.